The molecule has 0 unspecified atom stereocenters. The lowest BCUT2D eigenvalue weighted by molar-refractivity contribution is -0.123. The van der Waals surface area contributed by atoms with Gasteiger partial charge < -0.3 is 10.2 Å². The molecule has 2 aliphatic rings. The minimum atomic E-state index is -0.602. The first kappa shape index (κ1) is 24.2. The monoisotopic (exact) mass is 494 g/mol. The number of rotatable bonds is 7. The second-order valence-corrected chi connectivity index (χ2v) is 9.30. The number of pyridine rings is 1. The van der Waals surface area contributed by atoms with E-state index in [2.05, 4.69) is 20.5 Å². The van der Waals surface area contributed by atoms with Crippen LogP contribution >= 0.6 is 0 Å². The Labute approximate surface area is 216 Å². The number of hydrogen-bond acceptors (Lipinski definition) is 6. The third kappa shape index (κ3) is 5.09. The van der Waals surface area contributed by atoms with Gasteiger partial charge in [0, 0.05) is 37.1 Å². The molecule has 2 aromatic carbocycles. The number of imide groups is 1. The van der Waals surface area contributed by atoms with Crippen molar-refractivity contribution in [2.45, 2.75) is 38.3 Å². The average Bonchev–Trinajstić information content (AvgIpc) is 3.46. The minimum absolute atomic E-state index is 0.156. The maximum atomic E-state index is 13.3. The van der Waals surface area contributed by atoms with Gasteiger partial charge in [-0.15, -0.1) is 0 Å². The van der Waals surface area contributed by atoms with Crippen LogP contribution in [-0.4, -0.2) is 40.7 Å². The molecule has 1 saturated heterocycles. The van der Waals surface area contributed by atoms with E-state index in [0.717, 1.165) is 53.1 Å². The quantitative estimate of drug-likeness (QED) is 0.415. The number of amides is 3. The van der Waals surface area contributed by atoms with Gasteiger partial charge in [-0.2, -0.15) is 0 Å². The molecule has 188 valence electrons. The Hall–Kier alpha value is -4.46. The van der Waals surface area contributed by atoms with Gasteiger partial charge in [0.15, 0.2) is 0 Å². The highest BCUT2D eigenvalue weighted by atomic mass is 16.2. The van der Waals surface area contributed by atoms with Crippen molar-refractivity contribution in [3.8, 4) is 11.3 Å². The van der Waals surface area contributed by atoms with Gasteiger partial charge >= 0.3 is 6.03 Å². The Morgan fingerprint density at radius 1 is 1.03 bits per heavy atom. The zero-order valence-electron chi connectivity index (χ0n) is 20.8. The summed E-state index contributed by atoms with van der Waals surface area (Å²) in [6.45, 7) is 0.440. The fraction of sp³-hybridized carbons (Fsp3) is 0.241. The number of anilines is 1. The average molecular weight is 495 g/mol. The van der Waals surface area contributed by atoms with Gasteiger partial charge in [0.05, 0.1) is 5.69 Å². The summed E-state index contributed by atoms with van der Waals surface area (Å²) >= 11 is 0. The second kappa shape index (κ2) is 10.7. The molecule has 3 aromatic rings. The van der Waals surface area contributed by atoms with Crippen LogP contribution in [0.5, 0.6) is 0 Å². The predicted molar refractivity (Wildman–Crippen MR) is 144 cm³/mol. The number of aromatic nitrogens is 1. The summed E-state index contributed by atoms with van der Waals surface area (Å²) in [7, 11) is 1.43. The maximum absolute atomic E-state index is 13.3. The van der Waals surface area contributed by atoms with Gasteiger partial charge in [-0.05, 0) is 42.7 Å². The third-order valence-electron chi connectivity index (χ3n) is 6.88. The van der Waals surface area contributed by atoms with E-state index in [0.29, 0.717) is 12.4 Å². The molecule has 2 heterocycles. The number of likely N-dealkylation sites (N-methyl/N-ethyl adjacent to an activating group) is 1. The van der Waals surface area contributed by atoms with Crippen LogP contribution in [0.2, 0.25) is 0 Å². The van der Waals surface area contributed by atoms with Crippen LogP contribution in [0.3, 0.4) is 0 Å². The zero-order valence-corrected chi connectivity index (χ0v) is 20.8. The van der Waals surface area contributed by atoms with Crippen molar-refractivity contribution in [1.29, 1.82) is 5.41 Å². The van der Waals surface area contributed by atoms with Gasteiger partial charge in [-0.3, -0.25) is 25.4 Å². The number of nitrogens with zero attached hydrogens (tertiary/aromatic N) is 3. The topological polar surface area (TPSA) is 101 Å². The van der Waals surface area contributed by atoms with Crippen LogP contribution in [0.15, 0.2) is 90.4 Å². The highest BCUT2D eigenvalue weighted by molar-refractivity contribution is 6.30. The van der Waals surface area contributed by atoms with Crippen LogP contribution in [0.25, 0.3) is 11.3 Å². The van der Waals surface area contributed by atoms with Crippen LogP contribution in [0.1, 0.15) is 31.2 Å². The third-order valence-corrected chi connectivity index (χ3v) is 6.88. The second-order valence-electron chi connectivity index (χ2n) is 9.30. The number of para-hydroxylation sites is 1. The number of amidine groups is 1. The fourth-order valence-corrected chi connectivity index (χ4v) is 4.92. The summed E-state index contributed by atoms with van der Waals surface area (Å²) in [6.07, 6.45) is 5.95. The van der Waals surface area contributed by atoms with Crippen molar-refractivity contribution in [3.05, 3.63) is 96.0 Å². The molecule has 0 radical (unpaired) electrons. The molecule has 0 spiro atoms. The van der Waals surface area contributed by atoms with Crippen molar-refractivity contribution in [2.24, 2.45) is 0 Å². The van der Waals surface area contributed by atoms with Crippen molar-refractivity contribution in [1.82, 2.24) is 20.5 Å². The van der Waals surface area contributed by atoms with Crippen molar-refractivity contribution < 1.29 is 9.59 Å². The molecular weight excluding hydrogens is 464 g/mol. The summed E-state index contributed by atoms with van der Waals surface area (Å²) in [5.74, 6) is -0.158. The summed E-state index contributed by atoms with van der Waals surface area (Å²) in [4.78, 5) is 33.1. The summed E-state index contributed by atoms with van der Waals surface area (Å²) < 4.78 is 0. The highest BCUT2D eigenvalue weighted by Crippen LogP contribution is 2.32. The lowest BCUT2D eigenvalue weighted by Gasteiger charge is -2.37. The number of carbonyl (C=O) groups is 2. The molecule has 1 aliphatic heterocycles. The first-order chi connectivity index (χ1) is 18.0. The molecule has 0 bridgehead atoms. The Morgan fingerprint density at radius 3 is 2.41 bits per heavy atom. The maximum Gasteiger partial charge on any atom is 0.329 e. The van der Waals surface area contributed by atoms with Crippen molar-refractivity contribution in [3.63, 3.8) is 0 Å². The Morgan fingerprint density at radius 2 is 1.73 bits per heavy atom. The van der Waals surface area contributed by atoms with E-state index < -0.39 is 11.9 Å². The number of benzene rings is 2. The fourth-order valence-electron chi connectivity index (χ4n) is 4.92. The van der Waals surface area contributed by atoms with Crippen LogP contribution < -0.4 is 15.5 Å². The van der Waals surface area contributed by atoms with Gasteiger partial charge in [0.1, 0.15) is 17.2 Å². The Kier molecular flexibility index (Phi) is 6.98. The van der Waals surface area contributed by atoms with Crippen LogP contribution in [0.4, 0.5) is 10.5 Å². The molecule has 1 aliphatic carbocycles. The predicted octanol–water partition coefficient (Wildman–Crippen LogP) is 4.66. The zero-order chi connectivity index (χ0) is 25.8. The molecule has 1 aromatic heterocycles. The van der Waals surface area contributed by atoms with E-state index in [4.69, 9.17) is 5.41 Å². The first-order valence-corrected chi connectivity index (χ1v) is 12.5. The van der Waals surface area contributed by atoms with E-state index in [1.807, 2.05) is 72.8 Å². The van der Waals surface area contributed by atoms with E-state index >= 15 is 0 Å². The largest absolute Gasteiger partial charge is 0.367 e. The molecule has 37 heavy (non-hydrogen) atoms. The van der Waals surface area contributed by atoms with E-state index in [1.165, 1.54) is 7.05 Å². The highest BCUT2D eigenvalue weighted by Gasteiger charge is 2.37. The lowest BCUT2D eigenvalue weighted by Crippen LogP contribution is -2.54. The van der Waals surface area contributed by atoms with Gasteiger partial charge in [0.2, 0.25) is 0 Å². The smallest absolute Gasteiger partial charge is 0.329 e. The summed E-state index contributed by atoms with van der Waals surface area (Å²) in [5.41, 5.74) is 4.04. The number of urea groups is 1. The van der Waals surface area contributed by atoms with E-state index in [1.54, 1.807) is 6.20 Å². The molecule has 0 atom stereocenters. The SMILES string of the molecule is CN1C(=O)NC(=N)/C(=C(\NCc2ccc(-c3ccccn3)cc2)N(c2ccccc2)C2CCCC2)C1=O. The van der Waals surface area contributed by atoms with Gasteiger partial charge in [0.25, 0.3) is 5.91 Å². The van der Waals surface area contributed by atoms with Crippen molar-refractivity contribution >= 4 is 23.5 Å². The standard InChI is InChI=1S/C29H30N6O2/c1-34-28(36)25(26(30)33-29(34)37)27(35(23-11-5-6-12-23)22-9-3-2-4-10-22)32-19-20-14-16-21(17-15-20)24-13-7-8-18-31-24/h2-4,7-10,13-18,23,32H,5-6,11-12,19H2,1H3,(H2,30,33,37)/b27-25-. The van der Waals surface area contributed by atoms with Gasteiger partial charge in [-0.1, -0.05) is 61.4 Å². The number of hydrogen-bond donors (Lipinski definition) is 3. The first-order valence-electron chi connectivity index (χ1n) is 12.5. The molecule has 3 N–H and O–H groups in total. The van der Waals surface area contributed by atoms with Crippen LogP contribution in [0, 0.1) is 5.41 Å². The van der Waals surface area contributed by atoms with Crippen molar-refractivity contribution in [2.75, 3.05) is 11.9 Å². The van der Waals surface area contributed by atoms with E-state index in [9.17, 15) is 9.59 Å². The minimum Gasteiger partial charge on any atom is -0.367 e. The van der Waals surface area contributed by atoms with Gasteiger partial charge in [-0.25, -0.2) is 4.79 Å². The molecule has 2 fully saturated rings. The number of nitrogens with one attached hydrogen (secondary N) is 3. The molecule has 8 nitrogen and oxygen atoms in total. The lowest BCUT2D eigenvalue weighted by atomic mass is 10.1. The van der Waals surface area contributed by atoms with Crippen LogP contribution in [-0.2, 0) is 11.3 Å². The molecule has 1 saturated carbocycles. The Balaban J connectivity index is 1.52. The molecule has 3 amide bonds. The number of carbonyl (C=O) groups excluding carboxylic acids is 2. The molecular formula is C29H30N6O2. The van der Waals surface area contributed by atoms with E-state index in [-0.39, 0.29) is 17.5 Å². The molecule has 5 rings (SSSR count). The molecule has 8 heteroatoms. The summed E-state index contributed by atoms with van der Waals surface area (Å²) in [6, 6.07) is 23.4. The normalized spacial score (nSPS) is 17.5. The summed E-state index contributed by atoms with van der Waals surface area (Å²) in [5, 5.41) is 14.6. The Bertz CT molecular complexity index is 1320.